The first-order chi connectivity index (χ1) is 17.5. The van der Waals surface area contributed by atoms with E-state index in [2.05, 4.69) is 10.3 Å². The van der Waals surface area contributed by atoms with E-state index >= 15 is 0 Å². The second kappa shape index (κ2) is 9.88. The van der Waals surface area contributed by atoms with Crippen molar-refractivity contribution in [1.29, 1.82) is 0 Å². The van der Waals surface area contributed by atoms with Gasteiger partial charge in [0.2, 0.25) is 0 Å². The second-order valence-electron chi connectivity index (χ2n) is 8.45. The number of aryl methyl sites for hydroxylation is 1. The Balaban J connectivity index is 1.44. The Morgan fingerprint density at radius 2 is 1.47 bits per heavy atom. The van der Waals surface area contributed by atoms with Crippen LogP contribution in [0.5, 0.6) is 5.75 Å². The highest BCUT2D eigenvalue weighted by molar-refractivity contribution is 5.95. The highest BCUT2D eigenvalue weighted by Crippen LogP contribution is 2.25. The molecule has 6 nitrogen and oxygen atoms in total. The molecule has 0 saturated heterocycles. The molecule has 1 N–H and O–H groups in total. The first-order valence-corrected chi connectivity index (χ1v) is 11.6. The van der Waals surface area contributed by atoms with E-state index in [1.54, 1.807) is 48.9 Å². The van der Waals surface area contributed by atoms with Crippen LogP contribution in [0.15, 0.2) is 108 Å². The van der Waals surface area contributed by atoms with Gasteiger partial charge in [-0.2, -0.15) is 0 Å². The van der Waals surface area contributed by atoms with Crippen LogP contribution in [0.4, 0.5) is 0 Å². The molecule has 1 aromatic heterocycles. The molecule has 5 rings (SSSR count). The molecule has 1 amide bonds. The zero-order valence-corrected chi connectivity index (χ0v) is 20.0. The average molecular weight is 476 g/mol. The Hall–Kier alpha value is -4.71. The molecule has 0 aliphatic carbocycles. The van der Waals surface area contributed by atoms with E-state index in [-0.39, 0.29) is 17.5 Å². The minimum atomic E-state index is -0.334. The maximum Gasteiger partial charge on any atom is 0.265 e. The lowest BCUT2D eigenvalue weighted by Gasteiger charge is -2.20. The van der Waals surface area contributed by atoms with Crippen LogP contribution in [0.25, 0.3) is 16.6 Å². The number of nitrogens with one attached hydrogen (secondary N) is 1. The van der Waals surface area contributed by atoms with Crippen LogP contribution >= 0.6 is 0 Å². The van der Waals surface area contributed by atoms with Crippen LogP contribution < -0.4 is 15.6 Å². The van der Waals surface area contributed by atoms with E-state index in [1.807, 2.05) is 72.8 Å². The molecular formula is C30H25N3O3. The number of hydrogen-bond donors (Lipinski definition) is 1. The number of aromatic nitrogens is 2. The molecule has 6 heteroatoms. The first kappa shape index (κ1) is 23.1. The minimum Gasteiger partial charge on any atom is -0.497 e. The predicted molar refractivity (Wildman–Crippen MR) is 141 cm³/mol. The number of methoxy groups -OCH3 is 1. The third-order valence-corrected chi connectivity index (χ3v) is 6.19. The number of carbonyl (C=O) groups excluding carboxylic acids is 1. The number of rotatable bonds is 6. The van der Waals surface area contributed by atoms with Crippen molar-refractivity contribution >= 4 is 16.8 Å². The van der Waals surface area contributed by atoms with Crippen LogP contribution in [0.1, 0.15) is 33.4 Å². The fourth-order valence-corrected chi connectivity index (χ4v) is 4.33. The van der Waals surface area contributed by atoms with E-state index in [0.717, 1.165) is 16.9 Å². The molecule has 0 bridgehead atoms. The van der Waals surface area contributed by atoms with E-state index in [4.69, 9.17) is 4.74 Å². The lowest BCUT2D eigenvalue weighted by Crippen LogP contribution is -2.29. The van der Waals surface area contributed by atoms with E-state index in [9.17, 15) is 9.59 Å². The summed E-state index contributed by atoms with van der Waals surface area (Å²) >= 11 is 0. The Morgan fingerprint density at radius 1 is 0.833 bits per heavy atom. The number of fused-ring (bicyclic) bond motifs is 1. The van der Waals surface area contributed by atoms with Gasteiger partial charge in [0.05, 0.1) is 29.7 Å². The Morgan fingerprint density at radius 3 is 2.17 bits per heavy atom. The average Bonchev–Trinajstić information content (AvgIpc) is 2.92. The summed E-state index contributed by atoms with van der Waals surface area (Å²) in [5.41, 5.74) is 3.58. The van der Waals surface area contributed by atoms with Gasteiger partial charge in [0.15, 0.2) is 0 Å². The maximum atomic E-state index is 13.3. The van der Waals surface area contributed by atoms with Crippen molar-refractivity contribution in [1.82, 2.24) is 14.9 Å². The topological polar surface area (TPSA) is 73.2 Å². The van der Waals surface area contributed by atoms with Crippen LogP contribution in [-0.4, -0.2) is 22.6 Å². The van der Waals surface area contributed by atoms with Gasteiger partial charge in [-0.25, -0.2) is 4.98 Å². The molecule has 0 spiro atoms. The van der Waals surface area contributed by atoms with Gasteiger partial charge in [0.25, 0.3) is 11.5 Å². The van der Waals surface area contributed by atoms with Crippen LogP contribution in [-0.2, 0) is 0 Å². The van der Waals surface area contributed by atoms with Gasteiger partial charge in [-0.05, 0) is 66.6 Å². The summed E-state index contributed by atoms with van der Waals surface area (Å²) in [7, 11) is 1.62. The van der Waals surface area contributed by atoms with Gasteiger partial charge >= 0.3 is 0 Å². The summed E-state index contributed by atoms with van der Waals surface area (Å²) in [5.74, 6) is 1.12. The largest absolute Gasteiger partial charge is 0.497 e. The monoisotopic (exact) mass is 475 g/mol. The molecule has 1 unspecified atom stereocenters. The molecule has 0 aliphatic rings. The first-order valence-electron chi connectivity index (χ1n) is 11.6. The Bertz CT molecular complexity index is 1580. The van der Waals surface area contributed by atoms with Crippen LogP contribution in [0.3, 0.4) is 0 Å². The molecule has 1 atom stereocenters. The van der Waals surface area contributed by atoms with Gasteiger partial charge in [0, 0.05) is 5.56 Å². The number of amides is 1. The normalized spacial score (nSPS) is 11.7. The van der Waals surface area contributed by atoms with Crippen molar-refractivity contribution in [2.45, 2.75) is 13.0 Å². The number of benzene rings is 4. The summed E-state index contributed by atoms with van der Waals surface area (Å²) < 4.78 is 6.84. The number of ether oxygens (including phenoxy) is 1. The van der Waals surface area contributed by atoms with Crippen molar-refractivity contribution in [3.8, 4) is 11.4 Å². The number of nitrogens with zero attached hydrogens (tertiary/aromatic N) is 2. The van der Waals surface area contributed by atoms with Gasteiger partial charge < -0.3 is 10.1 Å². The quantitative estimate of drug-likeness (QED) is 0.365. The van der Waals surface area contributed by atoms with E-state index in [1.165, 1.54) is 0 Å². The van der Waals surface area contributed by atoms with Gasteiger partial charge in [-0.3, -0.25) is 14.2 Å². The third kappa shape index (κ3) is 4.49. The number of hydrogen-bond acceptors (Lipinski definition) is 4. The van der Waals surface area contributed by atoms with Gasteiger partial charge in [0.1, 0.15) is 11.6 Å². The standard InChI is InChI=1S/C30H25N3O3/c1-20-31-27-11-7-6-10-26(27)30(35)33(20)24-16-12-23(13-17-24)29(34)32-28(21-8-4-3-5-9-21)22-14-18-25(36-2)19-15-22/h3-19,28H,1-2H3,(H,32,34). The van der Waals surface area contributed by atoms with Crippen molar-refractivity contribution in [2.24, 2.45) is 0 Å². The van der Waals surface area contributed by atoms with Crippen molar-refractivity contribution in [2.75, 3.05) is 7.11 Å². The summed E-state index contributed by atoms with van der Waals surface area (Å²) in [6.45, 7) is 1.80. The summed E-state index contributed by atoms with van der Waals surface area (Å²) in [5, 5.41) is 3.70. The molecule has 5 aromatic rings. The Labute approximate surface area is 208 Å². The summed E-state index contributed by atoms with van der Waals surface area (Å²) in [6.07, 6.45) is 0. The molecule has 0 aliphatic heterocycles. The molecule has 36 heavy (non-hydrogen) atoms. The molecule has 0 radical (unpaired) electrons. The highest BCUT2D eigenvalue weighted by atomic mass is 16.5. The summed E-state index contributed by atoms with van der Waals surface area (Å²) in [6, 6.07) is 31.4. The predicted octanol–water partition coefficient (Wildman–Crippen LogP) is 5.22. The van der Waals surface area contributed by atoms with Crippen LogP contribution in [0, 0.1) is 6.92 Å². The fraction of sp³-hybridized carbons (Fsp3) is 0.100. The molecule has 0 fully saturated rings. The molecule has 4 aromatic carbocycles. The lowest BCUT2D eigenvalue weighted by molar-refractivity contribution is 0.0943. The molecule has 0 saturated carbocycles. The zero-order valence-electron chi connectivity index (χ0n) is 20.0. The minimum absolute atomic E-state index is 0.140. The van der Waals surface area contributed by atoms with E-state index in [0.29, 0.717) is 28.0 Å². The lowest BCUT2D eigenvalue weighted by atomic mass is 9.98. The molecular weight excluding hydrogens is 450 g/mol. The SMILES string of the molecule is COc1ccc(C(NC(=O)c2ccc(-n3c(C)nc4ccccc4c3=O)cc2)c2ccccc2)cc1. The molecule has 1 heterocycles. The maximum absolute atomic E-state index is 13.3. The van der Waals surface area contributed by atoms with Crippen LogP contribution in [0.2, 0.25) is 0 Å². The highest BCUT2D eigenvalue weighted by Gasteiger charge is 2.18. The third-order valence-electron chi connectivity index (χ3n) is 6.19. The molecule has 178 valence electrons. The van der Waals surface area contributed by atoms with Gasteiger partial charge in [-0.15, -0.1) is 0 Å². The number of carbonyl (C=O) groups is 1. The fourth-order valence-electron chi connectivity index (χ4n) is 4.33. The van der Waals surface area contributed by atoms with Crippen molar-refractivity contribution in [3.05, 3.63) is 136 Å². The Kier molecular flexibility index (Phi) is 6.33. The summed E-state index contributed by atoms with van der Waals surface area (Å²) in [4.78, 5) is 30.9. The van der Waals surface area contributed by atoms with Crippen molar-refractivity contribution < 1.29 is 9.53 Å². The van der Waals surface area contributed by atoms with E-state index < -0.39 is 0 Å². The zero-order chi connectivity index (χ0) is 25.1. The van der Waals surface area contributed by atoms with Gasteiger partial charge in [-0.1, -0.05) is 54.6 Å². The van der Waals surface area contributed by atoms with Crippen molar-refractivity contribution in [3.63, 3.8) is 0 Å². The number of para-hydroxylation sites is 1. The smallest absolute Gasteiger partial charge is 0.265 e. The second-order valence-corrected chi connectivity index (χ2v) is 8.45.